The molecule has 0 amide bonds. The fourth-order valence-electron chi connectivity index (χ4n) is 3.33. The third-order valence-electron chi connectivity index (χ3n) is 4.48. The Hall–Kier alpha value is -2.33. The summed E-state index contributed by atoms with van der Waals surface area (Å²) in [5, 5.41) is 10.4. The van der Waals surface area contributed by atoms with Crippen LogP contribution in [0.2, 0.25) is 0 Å². The van der Waals surface area contributed by atoms with Gasteiger partial charge in [-0.3, -0.25) is 4.68 Å². The van der Waals surface area contributed by atoms with E-state index in [9.17, 15) is 0 Å². The van der Waals surface area contributed by atoms with Crippen LogP contribution in [0.15, 0.2) is 48.8 Å². The molecule has 1 aliphatic heterocycles. The fraction of sp³-hybridized carbons (Fsp3) is 0.316. The molecule has 0 fully saturated rings. The summed E-state index contributed by atoms with van der Waals surface area (Å²) in [6, 6.07) is 13.2. The zero-order valence-electron chi connectivity index (χ0n) is 13.3. The van der Waals surface area contributed by atoms with Crippen molar-refractivity contribution >= 4 is 10.8 Å². The zero-order valence-corrected chi connectivity index (χ0v) is 13.3. The Morgan fingerprint density at radius 1 is 1.26 bits per heavy atom. The molecule has 4 heteroatoms. The summed E-state index contributed by atoms with van der Waals surface area (Å²) in [5.41, 5.74) is 2.48. The Kier molecular flexibility index (Phi) is 3.75. The topological polar surface area (TPSA) is 39.1 Å². The van der Waals surface area contributed by atoms with E-state index in [4.69, 9.17) is 4.74 Å². The molecule has 0 bridgehead atoms. The van der Waals surface area contributed by atoms with E-state index in [2.05, 4.69) is 53.0 Å². The minimum Gasteiger partial charge on any atom is -0.493 e. The van der Waals surface area contributed by atoms with Gasteiger partial charge < -0.3 is 10.1 Å². The average molecular weight is 307 g/mol. The Bertz CT molecular complexity index is 824. The highest BCUT2D eigenvalue weighted by Crippen LogP contribution is 2.37. The lowest BCUT2D eigenvalue weighted by Crippen LogP contribution is -2.20. The Labute approximate surface area is 136 Å². The van der Waals surface area contributed by atoms with E-state index in [0.717, 1.165) is 31.7 Å². The Balaban J connectivity index is 1.65. The van der Waals surface area contributed by atoms with Gasteiger partial charge in [0.2, 0.25) is 0 Å². The quantitative estimate of drug-likeness (QED) is 0.804. The molecule has 0 radical (unpaired) electrons. The molecule has 1 aliphatic rings. The number of aryl methyl sites for hydroxylation is 1. The highest BCUT2D eigenvalue weighted by atomic mass is 16.5. The lowest BCUT2D eigenvalue weighted by Gasteiger charge is -2.19. The molecule has 4 rings (SSSR count). The number of nitrogens with one attached hydrogen (secondary N) is 1. The molecule has 0 aliphatic carbocycles. The van der Waals surface area contributed by atoms with E-state index >= 15 is 0 Å². The first-order chi connectivity index (χ1) is 11.3. The standard InChI is InChI=1S/C19H21N3O/c1-22-13-14(12-21-22)11-20-18-7-4-10-23-19-16-6-3-2-5-15(16)8-9-17(18)19/h2-3,5-6,8-9,12-13,18,20H,4,7,10-11H2,1H3/t18-/m1/s1. The van der Waals surface area contributed by atoms with E-state index < -0.39 is 0 Å². The van der Waals surface area contributed by atoms with Gasteiger partial charge in [0.25, 0.3) is 0 Å². The first kappa shape index (κ1) is 14.3. The molecule has 0 unspecified atom stereocenters. The molecule has 0 spiro atoms. The van der Waals surface area contributed by atoms with E-state index in [1.54, 1.807) is 0 Å². The highest BCUT2D eigenvalue weighted by molar-refractivity contribution is 5.89. The van der Waals surface area contributed by atoms with E-state index in [-0.39, 0.29) is 0 Å². The Morgan fingerprint density at radius 2 is 2.17 bits per heavy atom. The number of hydrogen-bond donors (Lipinski definition) is 1. The lowest BCUT2D eigenvalue weighted by molar-refractivity contribution is 0.318. The zero-order chi connectivity index (χ0) is 15.6. The van der Waals surface area contributed by atoms with Gasteiger partial charge in [-0.05, 0) is 18.2 Å². The van der Waals surface area contributed by atoms with Crippen LogP contribution < -0.4 is 10.1 Å². The summed E-state index contributed by atoms with van der Waals surface area (Å²) in [6.07, 6.45) is 6.13. The fourth-order valence-corrected chi connectivity index (χ4v) is 3.33. The van der Waals surface area contributed by atoms with Crippen molar-refractivity contribution in [2.45, 2.75) is 25.4 Å². The summed E-state index contributed by atoms with van der Waals surface area (Å²) in [4.78, 5) is 0. The molecule has 1 aromatic heterocycles. The average Bonchev–Trinajstić information content (AvgIpc) is 2.88. The summed E-state index contributed by atoms with van der Waals surface area (Å²) >= 11 is 0. The molecule has 1 N–H and O–H groups in total. The van der Waals surface area contributed by atoms with Crippen molar-refractivity contribution in [1.82, 2.24) is 15.1 Å². The van der Waals surface area contributed by atoms with Crippen LogP contribution in [0.3, 0.4) is 0 Å². The molecule has 2 heterocycles. The number of rotatable bonds is 3. The van der Waals surface area contributed by atoms with Crippen molar-refractivity contribution in [2.75, 3.05) is 6.61 Å². The van der Waals surface area contributed by atoms with Crippen LogP contribution in [0.4, 0.5) is 0 Å². The maximum Gasteiger partial charge on any atom is 0.131 e. The summed E-state index contributed by atoms with van der Waals surface area (Å²) in [6.45, 7) is 1.61. The molecule has 4 nitrogen and oxygen atoms in total. The molecule has 0 saturated heterocycles. The number of aromatic nitrogens is 2. The first-order valence-electron chi connectivity index (χ1n) is 8.16. The summed E-state index contributed by atoms with van der Waals surface area (Å²) < 4.78 is 7.93. The van der Waals surface area contributed by atoms with Gasteiger partial charge in [-0.15, -0.1) is 0 Å². The maximum absolute atomic E-state index is 6.09. The second kappa shape index (κ2) is 6.05. The second-order valence-corrected chi connectivity index (χ2v) is 6.15. The third kappa shape index (κ3) is 2.82. The van der Waals surface area contributed by atoms with Gasteiger partial charge in [-0.2, -0.15) is 5.10 Å². The van der Waals surface area contributed by atoms with Crippen LogP contribution in [0, 0.1) is 0 Å². The molecular weight excluding hydrogens is 286 g/mol. The number of hydrogen-bond acceptors (Lipinski definition) is 3. The van der Waals surface area contributed by atoms with Crippen LogP contribution in [-0.4, -0.2) is 16.4 Å². The van der Waals surface area contributed by atoms with E-state index in [1.165, 1.54) is 21.9 Å². The Morgan fingerprint density at radius 3 is 3.04 bits per heavy atom. The molecule has 23 heavy (non-hydrogen) atoms. The second-order valence-electron chi connectivity index (χ2n) is 6.15. The third-order valence-corrected chi connectivity index (χ3v) is 4.48. The SMILES string of the molecule is Cn1cc(CN[C@@H]2CCCOc3c2ccc2ccccc32)cn1. The minimum absolute atomic E-state index is 0.317. The highest BCUT2D eigenvalue weighted by Gasteiger charge is 2.21. The van der Waals surface area contributed by atoms with Crippen molar-refractivity contribution < 1.29 is 4.74 Å². The predicted molar refractivity (Wildman–Crippen MR) is 91.5 cm³/mol. The van der Waals surface area contributed by atoms with Crippen LogP contribution in [0.5, 0.6) is 5.75 Å². The smallest absolute Gasteiger partial charge is 0.131 e. The number of fused-ring (bicyclic) bond motifs is 3. The van der Waals surface area contributed by atoms with Crippen LogP contribution in [0.1, 0.15) is 30.0 Å². The van der Waals surface area contributed by atoms with Gasteiger partial charge in [0, 0.05) is 42.3 Å². The summed E-state index contributed by atoms with van der Waals surface area (Å²) in [5.74, 6) is 1.05. The van der Waals surface area contributed by atoms with Gasteiger partial charge in [-0.25, -0.2) is 0 Å². The van der Waals surface area contributed by atoms with Crippen molar-refractivity contribution in [3.8, 4) is 5.75 Å². The number of nitrogens with zero attached hydrogens (tertiary/aromatic N) is 2. The first-order valence-corrected chi connectivity index (χ1v) is 8.16. The normalized spacial score (nSPS) is 17.5. The van der Waals surface area contributed by atoms with Crippen LogP contribution in [0.25, 0.3) is 10.8 Å². The van der Waals surface area contributed by atoms with Gasteiger partial charge in [0.15, 0.2) is 0 Å². The maximum atomic E-state index is 6.09. The molecule has 118 valence electrons. The molecule has 0 saturated carbocycles. The van der Waals surface area contributed by atoms with Crippen molar-refractivity contribution in [1.29, 1.82) is 0 Å². The van der Waals surface area contributed by atoms with Crippen molar-refractivity contribution in [2.24, 2.45) is 7.05 Å². The molecule has 2 aromatic carbocycles. The van der Waals surface area contributed by atoms with Crippen molar-refractivity contribution in [3.63, 3.8) is 0 Å². The van der Waals surface area contributed by atoms with Gasteiger partial charge in [-0.1, -0.05) is 36.4 Å². The lowest BCUT2D eigenvalue weighted by atomic mass is 9.98. The van der Waals surface area contributed by atoms with E-state index in [1.807, 2.05) is 17.9 Å². The van der Waals surface area contributed by atoms with Gasteiger partial charge >= 0.3 is 0 Å². The van der Waals surface area contributed by atoms with Crippen LogP contribution in [-0.2, 0) is 13.6 Å². The minimum atomic E-state index is 0.317. The number of benzene rings is 2. The molecule has 1 atom stereocenters. The number of ether oxygens (including phenoxy) is 1. The van der Waals surface area contributed by atoms with Crippen molar-refractivity contribution in [3.05, 3.63) is 59.9 Å². The summed E-state index contributed by atoms with van der Waals surface area (Å²) in [7, 11) is 1.95. The van der Waals surface area contributed by atoms with E-state index in [0.29, 0.717) is 6.04 Å². The molecule has 3 aromatic rings. The molecular formula is C19H21N3O. The monoisotopic (exact) mass is 307 g/mol. The van der Waals surface area contributed by atoms with Crippen LogP contribution >= 0.6 is 0 Å². The van der Waals surface area contributed by atoms with Gasteiger partial charge in [0.1, 0.15) is 5.75 Å². The largest absolute Gasteiger partial charge is 0.493 e. The van der Waals surface area contributed by atoms with Gasteiger partial charge in [0.05, 0.1) is 12.8 Å². The predicted octanol–water partition coefficient (Wildman–Crippen LogP) is 3.58.